The van der Waals surface area contributed by atoms with Crippen LogP contribution >= 0.6 is 0 Å². The number of allylic oxidation sites excluding steroid dienone is 2. The van der Waals surface area contributed by atoms with Gasteiger partial charge in [-0.25, -0.2) is 4.79 Å². The quantitative estimate of drug-likeness (QED) is 0.258. The molecule has 2 fully saturated rings. The molecule has 1 aromatic rings. The third kappa shape index (κ3) is 4.64. The lowest BCUT2D eigenvalue weighted by Crippen LogP contribution is -2.55. The summed E-state index contributed by atoms with van der Waals surface area (Å²) in [6.45, 7) is 20.0. The fourth-order valence-corrected chi connectivity index (χ4v) is 10.6. The maximum absolute atomic E-state index is 13.0. The van der Waals surface area contributed by atoms with Crippen LogP contribution in [-0.4, -0.2) is 12.1 Å². The first-order valence-electron chi connectivity index (χ1n) is 16.3. The summed E-state index contributed by atoms with van der Waals surface area (Å²) in [7, 11) is 0. The van der Waals surface area contributed by atoms with Gasteiger partial charge in [-0.3, -0.25) is 0 Å². The number of rotatable bonds is 7. The second-order valence-corrected chi connectivity index (χ2v) is 15.8. The molecule has 0 aliphatic heterocycles. The Labute approximate surface area is 239 Å². The van der Waals surface area contributed by atoms with E-state index in [1.165, 1.54) is 57.8 Å². The molecule has 0 radical (unpaired) electrons. The van der Waals surface area contributed by atoms with E-state index in [0.29, 0.717) is 22.3 Å². The van der Waals surface area contributed by atoms with Gasteiger partial charge < -0.3 is 4.74 Å². The summed E-state index contributed by atoms with van der Waals surface area (Å²) >= 11 is 0. The van der Waals surface area contributed by atoms with E-state index in [0.717, 1.165) is 30.6 Å². The van der Waals surface area contributed by atoms with Crippen molar-refractivity contribution in [3.63, 3.8) is 0 Å². The van der Waals surface area contributed by atoms with Gasteiger partial charge in [0.25, 0.3) is 0 Å². The van der Waals surface area contributed by atoms with Gasteiger partial charge in [0.05, 0.1) is 5.56 Å². The van der Waals surface area contributed by atoms with Gasteiger partial charge in [-0.1, -0.05) is 104 Å². The Balaban J connectivity index is 1.37. The molecule has 0 amide bonds. The van der Waals surface area contributed by atoms with Crippen molar-refractivity contribution >= 4 is 5.97 Å². The van der Waals surface area contributed by atoms with E-state index in [1.54, 1.807) is 0 Å². The summed E-state index contributed by atoms with van der Waals surface area (Å²) < 4.78 is 6.26. The molecule has 0 saturated heterocycles. The minimum Gasteiger partial charge on any atom is -0.458 e. The summed E-state index contributed by atoms with van der Waals surface area (Å²) in [5.74, 6) is 2.91. The highest BCUT2D eigenvalue weighted by atomic mass is 16.5. The van der Waals surface area contributed by atoms with Gasteiger partial charge in [-0.15, -0.1) is 0 Å². The lowest BCUT2D eigenvalue weighted by Gasteiger charge is -2.62. The van der Waals surface area contributed by atoms with Crippen LogP contribution in [0.5, 0.6) is 0 Å². The molecule has 0 N–H and O–H groups in total. The molecule has 0 aromatic heterocycles. The van der Waals surface area contributed by atoms with E-state index in [2.05, 4.69) is 55.4 Å². The van der Waals surface area contributed by atoms with Crippen LogP contribution in [0.2, 0.25) is 0 Å². The Morgan fingerprint density at radius 2 is 1.59 bits per heavy atom. The van der Waals surface area contributed by atoms with Crippen LogP contribution in [0.1, 0.15) is 136 Å². The molecule has 2 heteroatoms. The van der Waals surface area contributed by atoms with Crippen LogP contribution in [0.25, 0.3) is 0 Å². The molecular formula is C37H56O2. The van der Waals surface area contributed by atoms with Gasteiger partial charge in [0.2, 0.25) is 0 Å². The van der Waals surface area contributed by atoms with E-state index in [4.69, 9.17) is 4.74 Å². The Kier molecular flexibility index (Phi) is 7.69. The third-order valence-electron chi connectivity index (χ3n) is 13.1. The van der Waals surface area contributed by atoms with Crippen molar-refractivity contribution in [2.75, 3.05) is 0 Å². The first kappa shape index (κ1) is 28.9. The van der Waals surface area contributed by atoms with Crippen LogP contribution < -0.4 is 0 Å². The first-order chi connectivity index (χ1) is 18.3. The van der Waals surface area contributed by atoms with Crippen LogP contribution in [-0.2, 0) is 4.74 Å². The van der Waals surface area contributed by atoms with Gasteiger partial charge in [0, 0.05) is 5.41 Å². The van der Waals surface area contributed by atoms with E-state index in [1.807, 2.05) is 41.5 Å². The zero-order valence-electron chi connectivity index (χ0n) is 26.4. The molecule has 0 spiro atoms. The molecule has 0 unspecified atom stereocenters. The molecule has 4 aliphatic rings. The number of esters is 1. The molecule has 7 atom stereocenters. The van der Waals surface area contributed by atoms with Gasteiger partial charge >= 0.3 is 5.97 Å². The van der Waals surface area contributed by atoms with Crippen LogP contribution in [0.3, 0.4) is 0 Å². The molecule has 2 nitrogen and oxygen atoms in total. The number of hydrogen-bond acceptors (Lipinski definition) is 2. The lowest BCUT2D eigenvalue weighted by molar-refractivity contribution is -0.104. The predicted molar refractivity (Wildman–Crippen MR) is 163 cm³/mol. The second-order valence-electron chi connectivity index (χ2n) is 15.8. The van der Waals surface area contributed by atoms with Crippen LogP contribution in [0, 0.1) is 45.3 Å². The summed E-state index contributed by atoms with van der Waals surface area (Å²) in [5.41, 5.74) is 5.36. The van der Waals surface area contributed by atoms with Gasteiger partial charge in [-0.05, 0) is 103 Å². The Morgan fingerprint density at radius 1 is 0.872 bits per heavy atom. The molecular weight excluding hydrogens is 476 g/mol. The largest absolute Gasteiger partial charge is 0.458 e. The fraction of sp³-hybridized carbons (Fsp3) is 0.757. The number of fused-ring (bicyclic) bond motifs is 4. The maximum atomic E-state index is 13.0. The average molecular weight is 533 g/mol. The monoisotopic (exact) mass is 532 g/mol. The maximum Gasteiger partial charge on any atom is 0.338 e. The molecule has 0 bridgehead atoms. The van der Waals surface area contributed by atoms with E-state index in [9.17, 15) is 4.79 Å². The summed E-state index contributed by atoms with van der Waals surface area (Å²) in [6.07, 6.45) is 14.2. The third-order valence-corrected chi connectivity index (χ3v) is 13.1. The van der Waals surface area contributed by atoms with Gasteiger partial charge in [0.1, 0.15) is 6.10 Å². The molecule has 0 heterocycles. The van der Waals surface area contributed by atoms with E-state index < -0.39 is 0 Å². The standard InChI is InChI=1S/C37H56O2/c1-25(2)13-12-14-26(3)28-19-23-37(8)30-17-18-31-34(4,5)32(39-33(38)27-15-10-9-11-16-27)21-22-35(31,6)29(30)20-24-36(28,37)7/h9-11,15-16,25-26,28,31-32H,12-14,17-24H2,1-8H3/t26-,28-,31+,32+,35-,36-,37+/m1/s1. The second kappa shape index (κ2) is 10.4. The summed E-state index contributed by atoms with van der Waals surface area (Å²) in [6, 6.07) is 9.55. The first-order valence-corrected chi connectivity index (χ1v) is 16.3. The number of ether oxygens (including phenoxy) is 1. The molecule has 2 saturated carbocycles. The average Bonchev–Trinajstić information content (AvgIpc) is 3.17. The van der Waals surface area contributed by atoms with Crippen molar-refractivity contribution < 1.29 is 9.53 Å². The van der Waals surface area contributed by atoms with Crippen LogP contribution in [0.4, 0.5) is 0 Å². The van der Waals surface area contributed by atoms with Gasteiger partial charge in [0.15, 0.2) is 0 Å². The molecule has 39 heavy (non-hydrogen) atoms. The Hall–Kier alpha value is -1.57. The summed E-state index contributed by atoms with van der Waals surface area (Å²) in [4.78, 5) is 13.0. The van der Waals surface area contributed by atoms with E-state index in [-0.39, 0.29) is 22.9 Å². The van der Waals surface area contributed by atoms with Crippen molar-refractivity contribution in [1.82, 2.24) is 0 Å². The molecule has 1 aromatic carbocycles. The zero-order valence-corrected chi connectivity index (χ0v) is 26.4. The molecule has 4 aliphatic carbocycles. The van der Waals surface area contributed by atoms with Crippen molar-refractivity contribution in [1.29, 1.82) is 0 Å². The highest BCUT2D eigenvalue weighted by molar-refractivity contribution is 5.89. The topological polar surface area (TPSA) is 26.3 Å². The Bertz CT molecular complexity index is 1080. The van der Waals surface area contributed by atoms with Crippen molar-refractivity contribution in [2.45, 2.75) is 132 Å². The zero-order chi connectivity index (χ0) is 28.2. The van der Waals surface area contributed by atoms with Crippen molar-refractivity contribution in [3.05, 3.63) is 47.0 Å². The highest BCUT2D eigenvalue weighted by Gasteiger charge is 2.63. The smallest absolute Gasteiger partial charge is 0.338 e. The molecule has 216 valence electrons. The fourth-order valence-electron chi connectivity index (χ4n) is 10.6. The lowest BCUT2D eigenvalue weighted by atomic mass is 9.43. The molecule has 5 rings (SSSR count). The van der Waals surface area contributed by atoms with Crippen LogP contribution in [0.15, 0.2) is 41.5 Å². The van der Waals surface area contributed by atoms with Crippen molar-refractivity contribution in [2.24, 2.45) is 45.3 Å². The van der Waals surface area contributed by atoms with Crippen molar-refractivity contribution in [3.8, 4) is 0 Å². The summed E-state index contributed by atoms with van der Waals surface area (Å²) in [5, 5.41) is 0. The predicted octanol–water partition coefficient (Wildman–Crippen LogP) is 10.4. The Morgan fingerprint density at radius 3 is 2.28 bits per heavy atom. The SMILES string of the molecule is CC(C)CCC[C@@H](C)[C@H]1CC[C@@]2(C)C3=C(CC[C@]12C)[C@@]1(C)CC[C@H](OC(=O)c2ccccc2)C(C)(C)[C@@H]1CC3. The minimum atomic E-state index is -0.159. The van der Waals surface area contributed by atoms with Gasteiger partial charge in [-0.2, -0.15) is 0 Å². The number of carbonyl (C=O) groups is 1. The number of benzene rings is 1. The number of carbonyl (C=O) groups excluding carboxylic acids is 1. The highest BCUT2D eigenvalue weighted by Crippen LogP contribution is 2.72. The normalized spacial score (nSPS) is 38.1. The minimum absolute atomic E-state index is 0.0163. The number of hydrogen-bond donors (Lipinski definition) is 0. The van der Waals surface area contributed by atoms with E-state index >= 15 is 0 Å².